The molecule has 0 amide bonds. The molecule has 1 aliphatic rings. The minimum absolute atomic E-state index is 0.457. The molecule has 0 radical (unpaired) electrons. The van der Waals surface area contributed by atoms with Gasteiger partial charge in [-0.1, -0.05) is 13.0 Å². The Morgan fingerprint density at radius 3 is 2.77 bits per heavy atom. The van der Waals surface area contributed by atoms with Crippen molar-refractivity contribution in [2.45, 2.75) is 25.3 Å². The molecule has 3 heteroatoms. The van der Waals surface area contributed by atoms with Gasteiger partial charge in [-0.05, 0) is 26.4 Å². The van der Waals surface area contributed by atoms with E-state index in [-0.39, 0.29) is 0 Å². The van der Waals surface area contributed by atoms with Gasteiger partial charge in [0, 0.05) is 7.05 Å². The lowest BCUT2D eigenvalue weighted by atomic mass is 10.0. The van der Waals surface area contributed by atoms with Crippen LogP contribution in [0, 0.1) is 0 Å². The predicted octanol–water partition coefficient (Wildman–Crippen LogP) is 1.48. The Kier molecular flexibility index (Phi) is 3.75. The van der Waals surface area contributed by atoms with Crippen LogP contribution in [0.15, 0.2) is 12.3 Å². The van der Waals surface area contributed by atoms with Gasteiger partial charge in [-0.2, -0.15) is 0 Å². The highest BCUT2D eigenvalue weighted by atomic mass is 16.7. The molecule has 0 N–H and O–H groups in total. The van der Waals surface area contributed by atoms with Gasteiger partial charge in [0.05, 0.1) is 18.8 Å². The van der Waals surface area contributed by atoms with Gasteiger partial charge >= 0.3 is 0 Å². The summed E-state index contributed by atoms with van der Waals surface area (Å²) in [5, 5.41) is 1.76. The smallest absolute Gasteiger partial charge is 0.0638 e. The molecule has 0 bridgehead atoms. The molecular weight excluding hydrogens is 164 g/mol. The second-order valence-electron chi connectivity index (χ2n) is 3.66. The summed E-state index contributed by atoms with van der Waals surface area (Å²) in [6.45, 7) is 5.23. The molecule has 1 unspecified atom stereocenters. The van der Waals surface area contributed by atoms with Crippen LogP contribution in [0.2, 0.25) is 0 Å². The Labute approximate surface area is 80.9 Å². The number of rotatable bonds is 3. The monoisotopic (exact) mass is 184 g/mol. The zero-order valence-corrected chi connectivity index (χ0v) is 8.92. The molecule has 3 nitrogen and oxygen atoms in total. The molecule has 0 aromatic heterocycles. The first-order valence-electron chi connectivity index (χ1n) is 4.83. The van der Waals surface area contributed by atoms with Crippen LogP contribution in [0.3, 0.4) is 0 Å². The third-order valence-corrected chi connectivity index (χ3v) is 2.83. The fourth-order valence-corrected chi connectivity index (χ4v) is 1.82. The fraction of sp³-hybridized carbons (Fsp3) is 0.800. The summed E-state index contributed by atoms with van der Waals surface area (Å²) in [6, 6.07) is 0.457. The maximum Gasteiger partial charge on any atom is 0.0638 e. The lowest BCUT2D eigenvalue weighted by Crippen LogP contribution is -2.41. The van der Waals surface area contributed by atoms with Gasteiger partial charge in [-0.3, -0.25) is 14.8 Å². The zero-order chi connectivity index (χ0) is 9.84. The van der Waals surface area contributed by atoms with Crippen LogP contribution >= 0.6 is 0 Å². The van der Waals surface area contributed by atoms with Crippen molar-refractivity contribution in [2.75, 3.05) is 27.7 Å². The van der Waals surface area contributed by atoms with E-state index in [1.807, 2.05) is 7.05 Å². The molecule has 13 heavy (non-hydrogen) atoms. The third kappa shape index (κ3) is 2.45. The van der Waals surface area contributed by atoms with E-state index in [1.54, 1.807) is 12.2 Å². The summed E-state index contributed by atoms with van der Waals surface area (Å²) in [6.07, 6.45) is 3.80. The molecule has 1 fully saturated rings. The summed E-state index contributed by atoms with van der Waals surface area (Å²) < 4.78 is 0. The number of likely N-dealkylation sites (tertiary alicyclic amines) is 1. The van der Waals surface area contributed by atoms with Gasteiger partial charge in [0.2, 0.25) is 0 Å². The van der Waals surface area contributed by atoms with Crippen LogP contribution < -0.4 is 0 Å². The Hall–Kier alpha value is -0.540. The molecule has 1 rings (SSSR count). The van der Waals surface area contributed by atoms with Crippen molar-refractivity contribution in [1.82, 2.24) is 9.96 Å². The highest BCUT2D eigenvalue weighted by molar-refractivity contribution is 5.03. The van der Waals surface area contributed by atoms with Crippen molar-refractivity contribution in [3.8, 4) is 0 Å². The normalized spacial score (nSPS) is 24.4. The average molecular weight is 184 g/mol. The Bertz CT molecular complexity index is 182. The predicted molar refractivity (Wildman–Crippen MR) is 54.2 cm³/mol. The van der Waals surface area contributed by atoms with E-state index in [9.17, 15) is 0 Å². The minimum atomic E-state index is 0.457. The molecule has 0 spiro atoms. The van der Waals surface area contributed by atoms with Gasteiger partial charge in [-0.15, -0.1) is 0 Å². The Morgan fingerprint density at radius 1 is 1.54 bits per heavy atom. The quantitative estimate of drug-likeness (QED) is 0.618. The van der Waals surface area contributed by atoms with Crippen molar-refractivity contribution in [3.05, 3.63) is 12.3 Å². The first-order valence-corrected chi connectivity index (χ1v) is 4.83. The van der Waals surface area contributed by atoms with Crippen LogP contribution in [0.5, 0.6) is 0 Å². The Balaban J connectivity index is 2.53. The van der Waals surface area contributed by atoms with Gasteiger partial charge in [-0.25, -0.2) is 0 Å². The van der Waals surface area contributed by atoms with E-state index in [4.69, 9.17) is 4.84 Å². The number of hydrogen-bond donors (Lipinski definition) is 0. The van der Waals surface area contributed by atoms with E-state index in [0.717, 1.165) is 5.70 Å². The number of piperidine rings is 1. The van der Waals surface area contributed by atoms with Crippen molar-refractivity contribution in [3.63, 3.8) is 0 Å². The number of likely N-dealkylation sites (N-methyl/N-ethyl adjacent to an activating group) is 2. The fourth-order valence-electron chi connectivity index (χ4n) is 1.82. The molecule has 0 aliphatic carbocycles. The highest BCUT2D eigenvalue weighted by Gasteiger charge is 2.23. The maximum atomic E-state index is 5.12. The molecule has 1 heterocycles. The average Bonchev–Trinajstić information content (AvgIpc) is 2.16. The van der Waals surface area contributed by atoms with Gasteiger partial charge < -0.3 is 0 Å². The SMILES string of the molecule is C=C(C1CCCCN1C)N(C)OC. The lowest BCUT2D eigenvalue weighted by Gasteiger charge is -2.36. The lowest BCUT2D eigenvalue weighted by molar-refractivity contribution is -0.0890. The maximum absolute atomic E-state index is 5.12. The summed E-state index contributed by atoms with van der Waals surface area (Å²) >= 11 is 0. The van der Waals surface area contributed by atoms with Gasteiger partial charge in [0.1, 0.15) is 0 Å². The van der Waals surface area contributed by atoms with Crippen molar-refractivity contribution in [2.24, 2.45) is 0 Å². The largest absolute Gasteiger partial charge is 0.298 e. The molecule has 76 valence electrons. The van der Waals surface area contributed by atoms with Crippen molar-refractivity contribution in [1.29, 1.82) is 0 Å². The van der Waals surface area contributed by atoms with E-state index in [2.05, 4.69) is 18.5 Å². The summed E-state index contributed by atoms with van der Waals surface area (Å²) in [5.41, 5.74) is 1.06. The van der Waals surface area contributed by atoms with Gasteiger partial charge in [0.15, 0.2) is 0 Å². The summed E-state index contributed by atoms with van der Waals surface area (Å²) in [5.74, 6) is 0. The third-order valence-electron chi connectivity index (χ3n) is 2.83. The second kappa shape index (κ2) is 4.63. The van der Waals surface area contributed by atoms with Crippen LogP contribution in [0.4, 0.5) is 0 Å². The van der Waals surface area contributed by atoms with E-state index >= 15 is 0 Å². The van der Waals surface area contributed by atoms with Gasteiger partial charge in [0.25, 0.3) is 0 Å². The molecule has 1 aliphatic heterocycles. The second-order valence-corrected chi connectivity index (χ2v) is 3.66. The van der Waals surface area contributed by atoms with E-state index < -0.39 is 0 Å². The van der Waals surface area contributed by atoms with E-state index in [0.29, 0.717) is 6.04 Å². The molecule has 0 aromatic carbocycles. The summed E-state index contributed by atoms with van der Waals surface area (Å²) in [7, 11) is 5.73. The van der Waals surface area contributed by atoms with Crippen LogP contribution in [0.1, 0.15) is 19.3 Å². The minimum Gasteiger partial charge on any atom is -0.298 e. The van der Waals surface area contributed by atoms with Crippen LogP contribution in [0.25, 0.3) is 0 Å². The van der Waals surface area contributed by atoms with Crippen molar-refractivity contribution >= 4 is 0 Å². The Morgan fingerprint density at radius 2 is 2.23 bits per heavy atom. The molecular formula is C10H20N2O. The van der Waals surface area contributed by atoms with E-state index in [1.165, 1.54) is 25.8 Å². The summed E-state index contributed by atoms with van der Waals surface area (Å²) in [4.78, 5) is 7.47. The zero-order valence-electron chi connectivity index (χ0n) is 8.92. The highest BCUT2D eigenvalue weighted by Crippen LogP contribution is 2.21. The first kappa shape index (κ1) is 10.5. The van der Waals surface area contributed by atoms with Crippen molar-refractivity contribution < 1.29 is 4.84 Å². The van der Waals surface area contributed by atoms with Crippen LogP contribution in [-0.2, 0) is 4.84 Å². The number of hydrogen-bond acceptors (Lipinski definition) is 3. The number of hydroxylamine groups is 2. The topological polar surface area (TPSA) is 15.7 Å². The standard InChI is InChI=1S/C10H20N2O/c1-9(12(3)13-4)10-7-5-6-8-11(10)2/h10H,1,5-8H2,2-4H3. The molecule has 1 atom stereocenters. The first-order chi connectivity index (χ1) is 6.16. The van der Waals surface area contributed by atoms with Crippen LogP contribution in [-0.4, -0.2) is 43.8 Å². The number of nitrogens with zero attached hydrogens (tertiary/aromatic N) is 2. The molecule has 0 saturated carbocycles. The molecule has 0 aromatic rings. The molecule has 1 saturated heterocycles.